The first kappa shape index (κ1) is 33.4. The van der Waals surface area contributed by atoms with Gasteiger partial charge in [-0.1, -0.05) is 33.6 Å². The van der Waals surface area contributed by atoms with Crippen molar-refractivity contribution in [2.45, 2.75) is 72.6 Å². The summed E-state index contributed by atoms with van der Waals surface area (Å²) in [7, 11) is -6.81. The van der Waals surface area contributed by atoms with Crippen LogP contribution in [-0.2, 0) is 46.3 Å². The highest BCUT2D eigenvalue weighted by atomic mass is 31.2. The van der Waals surface area contributed by atoms with Crippen molar-refractivity contribution in [1.82, 2.24) is 0 Å². The van der Waals surface area contributed by atoms with E-state index < -0.39 is 27.8 Å². The van der Waals surface area contributed by atoms with E-state index in [0.29, 0.717) is 51.7 Å². The topological polar surface area (TPSA) is 124 Å². The molecule has 2 atom stereocenters. The minimum Gasteiger partial charge on any atom is -0.464 e. The van der Waals surface area contributed by atoms with Crippen molar-refractivity contribution in [3.63, 3.8) is 0 Å². The predicted molar refractivity (Wildman–Crippen MR) is 131 cm³/mol. The third-order valence-corrected chi connectivity index (χ3v) is 8.21. The maximum atomic E-state index is 13.1. The van der Waals surface area contributed by atoms with Gasteiger partial charge in [-0.05, 0) is 39.0 Å². The molecule has 0 spiro atoms. The molecular weight excluding hydrogens is 486 g/mol. The number of ether oxygens (including phenoxy) is 2. The zero-order valence-electron chi connectivity index (χ0n) is 21.3. The van der Waals surface area contributed by atoms with Crippen molar-refractivity contribution in [3.8, 4) is 0 Å². The Balaban J connectivity index is 4.54. The van der Waals surface area contributed by atoms with Crippen LogP contribution >= 0.6 is 15.2 Å². The molecule has 0 saturated heterocycles. The molecule has 0 heterocycles. The lowest BCUT2D eigenvalue weighted by molar-refractivity contribution is -0.146. The standard InChI is InChI=1S/C22H44O10P2/c1-5-12-27-15-16-30-34(26,32-20-22(24)28-13-6-2)18-11-9-8-10-17-33(25,29-14-7-3)31-19-21(4)23/h5-20H2,1-4H3. The van der Waals surface area contributed by atoms with Crippen molar-refractivity contribution < 1.29 is 46.3 Å². The number of hydrogen-bond donors (Lipinski definition) is 0. The molecule has 0 aromatic rings. The quantitative estimate of drug-likeness (QED) is 0.0913. The van der Waals surface area contributed by atoms with Gasteiger partial charge in [-0.15, -0.1) is 0 Å². The molecular formula is C22H44O10P2. The Hall–Kier alpha value is -0.600. The summed E-state index contributed by atoms with van der Waals surface area (Å²) in [6.07, 6.45) is 5.09. The average Bonchev–Trinajstić information content (AvgIpc) is 2.81. The summed E-state index contributed by atoms with van der Waals surface area (Å²) < 4.78 is 57.6. The highest BCUT2D eigenvalue weighted by Crippen LogP contribution is 2.50. The highest BCUT2D eigenvalue weighted by Gasteiger charge is 2.27. The monoisotopic (exact) mass is 530 g/mol. The summed E-state index contributed by atoms with van der Waals surface area (Å²) in [4.78, 5) is 22.9. The van der Waals surface area contributed by atoms with Crippen LogP contribution in [0.25, 0.3) is 0 Å². The fraction of sp³-hybridized carbons (Fsp3) is 0.909. The second kappa shape index (κ2) is 20.6. The first-order valence-electron chi connectivity index (χ1n) is 12.2. The molecule has 12 heteroatoms. The number of Topliss-reactive ketones (excluding diaryl/α,β-unsaturated/α-hetero) is 1. The third kappa shape index (κ3) is 18.7. The first-order valence-corrected chi connectivity index (χ1v) is 15.6. The van der Waals surface area contributed by atoms with E-state index in [9.17, 15) is 18.7 Å². The third-order valence-electron chi connectivity index (χ3n) is 4.28. The molecule has 0 N–H and O–H groups in total. The van der Waals surface area contributed by atoms with Gasteiger partial charge >= 0.3 is 21.2 Å². The lowest BCUT2D eigenvalue weighted by Gasteiger charge is -2.19. The summed E-state index contributed by atoms with van der Waals surface area (Å²) in [5.74, 6) is -0.795. The molecule has 34 heavy (non-hydrogen) atoms. The fourth-order valence-electron chi connectivity index (χ4n) is 2.61. The van der Waals surface area contributed by atoms with Gasteiger partial charge in [0.1, 0.15) is 6.61 Å². The van der Waals surface area contributed by atoms with Crippen LogP contribution in [0.15, 0.2) is 0 Å². The number of unbranched alkanes of at least 4 members (excludes halogenated alkanes) is 3. The van der Waals surface area contributed by atoms with Gasteiger partial charge in [0.15, 0.2) is 12.4 Å². The van der Waals surface area contributed by atoms with E-state index in [1.807, 2.05) is 20.8 Å². The number of ketones is 1. The second-order valence-electron chi connectivity index (χ2n) is 7.83. The van der Waals surface area contributed by atoms with Crippen LogP contribution in [0.2, 0.25) is 0 Å². The molecule has 202 valence electrons. The number of esters is 1. The molecule has 0 fully saturated rings. The van der Waals surface area contributed by atoms with Crippen LogP contribution in [-0.4, -0.2) is 70.3 Å². The van der Waals surface area contributed by atoms with Crippen molar-refractivity contribution in [3.05, 3.63) is 0 Å². The number of carbonyl (C=O) groups excluding carboxylic acids is 2. The van der Waals surface area contributed by atoms with E-state index in [1.165, 1.54) is 6.92 Å². The van der Waals surface area contributed by atoms with E-state index in [-0.39, 0.29) is 44.5 Å². The normalized spacial score (nSPS) is 14.9. The summed E-state index contributed by atoms with van der Waals surface area (Å²) in [5, 5.41) is 0. The minimum absolute atomic E-state index is 0.104. The molecule has 0 aliphatic rings. The molecule has 0 aromatic heterocycles. The molecule has 2 unspecified atom stereocenters. The average molecular weight is 531 g/mol. The Kier molecular flexibility index (Phi) is 20.2. The second-order valence-corrected chi connectivity index (χ2v) is 12.2. The van der Waals surface area contributed by atoms with Crippen LogP contribution in [0.5, 0.6) is 0 Å². The van der Waals surface area contributed by atoms with Gasteiger partial charge in [-0.25, -0.2) is 4.79 Å². The Morgan fingerprint density at radius 2 is 1.15 bits per heavy atom. The van der Waals surface area contributed by atoms with Crippen LogP contribution in [0.1, 0.15) is 72.6 Å². The SMILES string of the molecule is CCCOCCOP(=O)(CCCCCCP(=O)(OCCC)OCC(C)=O)OCC(=O)OCCC. The van der Waals surface area contributed by atoms with Gasteiger partial charge in [0, 0.05) is 6.61 Å². The summed E-state index contributed by atoms with van der Waals surface area (Å²) in [6, 6.07) is 0. The predicted octanol–water partition coefficient (Wildman–Crippen LogP) is 5.38. The summed E-state index contributed by atoms with van der Waals surface area (Å²) in [5.41, 5.74) is 0. The van der Waals surface area contributed by atoms with Crippen LogP contribution in [0.3, 0.4) is 0 Å². The van der Waals surface area contributed by atoms with E-state index in [4.69, 9.17) is 27.6 Å². The van der Waals surface area contributed by atoms with Gasteiger partial charge in [-0.2, -0.15) is 0 Å². The lowest BCUT2D eigenvalue weighted by Crippen LogP contribution is -2.15. The number of carbonyl (C=O) groups is 2. The Bertz CT molecular complexity index is 641. The molecule has 10 nitrogen and oxygen atoms in total. The number of rotatable bonds is 24. The van der Waals surface area contributed by atoms with Crippen molar-refractivity contribution in [2.24, 2.45) is 0 Å². The first-order chi connectivity index (χ1) is 16.2. The van der Waals surface area contributed by atoms with Gasteiger partial charge in [0.05, 0.1) is 38.8 Å². The van der Waals surface area contributed by atoms with Gasteiger partial charge in [0.25, 0.3) is 0 Å². The Labute approximate surface area is 204 Å². The summed E-state index contributed by atoms with van der Waals surface area (Å²) in [6.45, 7) is 8.02. The lowest BCUT2D eigenvalue weighted by atomic mass is 10.2. The zero-order chi connectivity index (χ0) is 25.7. The van der Waals surface area contributed by atoms with E-state index in [2.05, 4.69) is 0 Å². The zero-order valence-corrected chi connectivity index (χ0v) is 23.1. The summed E-state index contributed by atoms with van der Waals surface area (Å²) >= 11 is 0. The van der Waals surface area contributed by atoms with E-state index in [0.717, 1.165) is 6.42 Å². The van der Waals surface area contributed by atoms with Crippen LogP contribution < -0.4 is 0 Å². The molecule has 0 amide bonds. The van der Waals surface area contributed by atoms with Crippen LogP contribution in [0, 0.1) is 0 Å². The van der Waals surface area contributed by atoms with Crippen LogP contribution in [0.4, 0.5) is 0 Å². The van der Waals surface area contributed by atoms with Crippen molar-refractivity contribution in [1.29, 1.82) is 0 Å². The molecule has 0 radical (unpaired) electrons. The highest BCUT2D eigenvalue weighted by molar-refractivity contribution is 7.54. The molecule has 0 bridgehead atoms. The molecule has 0 aromatic carbocycles. The Morgan fingerprint density at radius 1 is 0.618 bits per heavy atom. The molecule has 0 aliphatic heterocycles. The maximum absolute atomic E-state index is 13.1. The number of hydrogen-bond acceptors (Lipinski definition) is 10. The van der Waals surface area contributed by atoms with Crippen molar-refractivity contribution >= 4 is 26.9 Å². The van der Waals surface area contributed by atoms with Gasteiger partial charge < -0.3 is 23.0 Å². The minimum atomic E-state index is -3.49. The van der Waals surface area contributed by atoms with Crippen molar-refractivity contribution in [2.75, 3.05) is 58.6 Å². The molecule has 0 saturated carbocycles. The maximum Gasteiger partial charge on any atom is 0.332 e. The van der Waals surface area contributed by atoms with Gasteiger partial charge in [0.2, 0.25) is 0 Å². The van der Waals surface area contributed by atoms with E-state index in [1.54, 1.807) is 0 Å². The molecule has 0 rings (SSSR count). The van der Waals surface area contributed by atoms with E-state index >= 15 is 0 Å². The molecule has 0 aliphatic carbocycles. The fourth-order valence-corrected chi connectivity index (χ4v) is 5.99. The Morgan fingerprint density at radius 3 is 1.68 bits per heavy atom. The van der Waals surface area contributed by atoms with Gasteiger partial charge in [-0.3, -0.25) is 18.4 Å². The smallest absolute Gasteiger partial charge is 0.332 e. The largest absolute Gasteiger partial charge is 0.464 e.